The molecule has 1 saturated heterocycles. The summed E-state index contributed by atoms with van der Waals surface area (Å²) in [4.78, 5) is 0.250. The first-order chi connectivity index (χ1) is 9.75. The van der Waals surface area contributed by atoms with Crippen molar-refractivity contribution in [2.24, 2.45) is 0 Å². The van der Waals surface area contributed by atoms with Crippen LogP contribution in [-0.2, 0) is 19.9 Å². The van der Waals surface area contributed by atoms with Crippen LogP contribution in [0.3, 0.4) is 0 Å². The molecule has 0 aromatic heterocycles. The molecule has 0 saturated carbocycles. The molecule has 0 spiro atoms. The van der Waals surface area contributed by atoms with E-state index in [0.29, 0.717) is 13.1 Å². The van der Waals surface area contributed by atoms with E-state index in [9.17, 15) is 16.8 Å². The third kappa shape index (κ3) is 3.63. The summed E-state index contributed by atoms with van der Waals surface area (Å²) < 4.78 is 49.4. The average molecular weight is 332 g/mol. The van der Waals surface area contributed by atoms with Crippen LogP contribution in [0.5, 0.6) is 0 Å². The van der Waals surface area contributed by atoms with Crippen molar-refractivity contribution in [3.05, 3.63) is 24.3 Å². The Morgan fingerprint density at radius 3 is 2.19 bits per heavy atom. The summed E-state index contributed by atoms with van der Waals surface area (Å²) in [5.74, 6) is 0. The van der Waals surface area contributed by atoms with Crippen LogP contribution in [0.15, 0.2) is 34.1 Å². The lowest BCUT2D eigenvalue weighted by Crippen LogP contribution is -2.46. The van der Waals surface area contributed by atoms with Gasteiger partial charge in [-0.2, -0.15) is 4.31 Å². The smallest absolute Gasteiger partial charge is 0.243 e. The Hall–Kier alpha value is -0.960. The molecule has 1 aliphatic heterocycles. The first-order valence-electron chi connectivity index (χ1n) is 6.72. The predicted octanol–water partition coefficient (Wildman–Crippen LogP) is 0.463. The standard InChI is InChI=1S/C13H20N2O4S2/c1-14-11-4-3-9-15(10-11)21(18,19)13-7-5-12(6-8-13)20(2,16)17/h5-8,11,14H,3-4,9-10H2,1-2H3. The average Bonchev–Trinajstić information content (AvgIpc) is 2.46. The van der Waals surface area contributed by atoms with Crippen molar-refractivity contribution in [2.75, 3.05) is 26.4 Å². The van der Waals surface area contributed by atoms with Crippen molar-refractivity contribution in [1.29, 1.82) is 0 Å². The van der Waals surface area contributed by atoms with Crippen molar-refractivity contribution in [1.82, 2.24) is 9.62 Å². The summed E-state index contributed by atoms with van der Waals surface area (Å²) in [5.41, 5.74) is 0. The Morgan fingerprint density at radius 1 is 1.10 bits per heavy atom. The quantitative estimate of drug-likeness (QED) is 0.866. The van der Waals surface area contributed by atoms with Crippen molar-refractivity contribution in [2.45, 2.75) is 28.7 Å². The number of piperidine rings is 1. The van der Waals surface area contributed by atoms with Gasteiger partial charge < -0.3 is 5.32 Å². The first-order valence-corrected chi connectivity index (χ1v) is 10.1. The van der Waals surface area contributed by atoms with E-state index in [1.54, 1.807) is 0 Å². The van der Waals surface area contributed by atoms with Gasteiger partial charge in [-0.15, -0.1) is 0 Å². The number of benzene rings is 1. The van der Waals surface area contributed by atoms with Crippen LogP contribution in [0.25, 0.3) is 0 Å². The maximum absolute atomic E-state index is 12.6. The van der Waals surface area contributed by atoms with Gasteiger partial charge in [-0.3, -0.25) is 0 Å². The highest BCUT2D eigenvalue weighted by atomic mass is 32.2. The van der Waals surface area contributed by atoms with Gasteiger partial charge >= 0.3 is 0 Å². The van der Waals surface area contributed by atoms with Gasteiger partial charge in [-0.05, 0) is 44.2 Å². The number of sulfone groups is 1. The van der Waals surface area contributed by atoms with Crippen molar-refractivity contribution in [3.63, 3.8) is 0 Å². The van der Waals surface area contributed by atoms with Crippen LogP contribution in [0.1, 0.15) is 12.8 Å². The van der Waals surface area contributed by atoms with Crippen LogP contribution < -0.4 is 5.32 Å². The van der Waals surface area contributed by atoms with Gasteiger partial charge in [0.15, 0.2) is 9.84 Å². The maximum Gasteiger partial charge on any atom is 0.243 e. The number of nitrogens with one attached hydrogen (secondary N) is 1. The van der Waals surface area contributed by atoms with E-state index in [1.807, 2.05) is 7.05 Å². The second-order valence-electron chi connectivity index (χ2n) is 5.23. The van der Waals surface area contributed by atoms with Crippen LogP contribution in [0.2, 0.25) is 0 Å². The molecule has 1 atom stereocenters. The molecule has 1 heterocycles. The molecule has 6 nitrogen and oxygen atoms in total. The first kappa shape index (κ1) is 16.4. The Bertz CT molecular complexity index is 696. The van der Waals surface area contributed by atoms with E-state index in [4.69, 9.17) is 0 Å². The van der Waals surface area contributed by atoms with Gasteiger partial charge in [0.2, 0.25) is 10.0 Å². The summed E-state index contributed by atoms with van der Waals surface area (Å²) >= 11 is 0. The third-order valence-electron chi connectivity index (χ3n) is 3.68. The summed E-state index contributed by atoms with van der Waals surface area (Å²) in [6, 6.07) is 5.54. The molecule has 1 fully saturated rings. The fourth-order valence-corrected chi connectivity index (χ4v) is 4.56. The molecule has 21 heavy (non-hydrogen) atoms. The molecule has 1 aliphatic rings. The molecule has 1 aromatic rings. The number of likely N-dealkylation sites (N-methyl/N-ethyl adjacent to an activating group) is 1. The molecule has 1 unspecified atom stereocenters. The topological polar surface area (TPSA) is 83.6 Å². The molecule has 0 aliphatic carbocycles. The Balaban J connectivity index is 2.27. The van der Waals surface area contributed by atoms with Crippen molar-refractivity contribution < 1.29 is 16.8 Å². The Labute approximate surface area is 126 Å². The van der Waals surface area contributed by atoms with Crippen LogP contribution >= 0.6 is 0 Å². The number of nitrogens with zero attached hydrogens (tertiary/aromatic N) is 1. The zero-order valence-electron chi connectivity index (χ0n) is 12.1. The molecule has 8 heteroatoms. The number of sulfonamides is 1. The molecular formula is C13H20N2O4S2. The van der Waals surface area contributed by atoms with Gasteiger partial charge in [0.1, 0.15) is 0 Å². The van der Waals surface area contributed by atoms with Gasteiger partial charge in [0.05, 0.1) is 9.79 Å². The lowest BCUT2D eigenvalue weighted by atomic mass is 10.1. The number of hydrogen-bond acceptors (Lipinski definition) is 5. The van der Waals surface area contributed by atoms with Gasteiger partial charge in [-0.1, -0.05) is 0 Å². The zero-order valence-corrected chi connectivity index (χ0v) is 13.7. The van der Waals surface area contributed by atoms with E-state index >= 15 is 0 Å². The predicted molar refractivity (Wildman–Crippen MR) is 80.4 cm³/mol. The summed E-state index contributed by atoms with van der Waals surface area (Å²) in [6.07, 6.45) is 2.86. The van der Waals surface area contributed by atoms with E-state index in [0.717, 1.165) is 19.1 Å². The molecule has 1 N–H and O–H groups in total. The summed E-state index contributed by atoms with van der Waals surface area (Å²) in [7, 11) is -5.07. The van der Waals surface area contributed by atoms with Crippen LogP contribution in [-0.4, -0.2) is 53.6 Å². The minimum absolute atomic E-state index is 0.119. The minimum Gasteiger partial charge on any atom is -0.316 e. The minimum atomic E-state index is -3.57. The number of hydrogen-bond donors (Lipinski definition) is 1. The van der Waals surface area contributed by atoms with Crippen molar-refractivity contribution in [3.8, 4) is 0 Å². The van der Waals surface area contributed by atoms with Gasteiger partial charge in [-0.25, -0.2) is 16.8 Å². The molecule has 0 amide bonds. The zero-order chi connectivity index (χ0) is 15.7. The SMILES string of the molecule is CNC1CCCN(S(=O)(=O)c2ccc(S(C)(=O)=O)cc2)C1. The monoisotopic (exact) mass is 332 g/mol. The lowest BCUT2D eigenvalue weighted by Gasteiger charge is -2.31. The van der Waals surface area contributed by atoms with Crippen LogP contribution in [0.4, 0.5) is 0 Å². The Morgan fingerprint density at radius 2 is 1.67 bits per heavy atom. The highest BCUT2D eigenvalue weighted by molar-refractivity contribution is 7.90. The van der Waals surface area contributed by atoms with E-state index in [-0.39, 0.29) is 15.8 Å². The summed E-state index contributed by atoms with van der Waals surface area (Å²) in [6.45, 7) is 0.932. The molecule has 2 rings (SSSR count). The van der Waals surface area contributed by atoms with Crippen molar-refractivity contribution >= 4 is 19.9 Å². The second-order valence-corrected chi connectivity index (χ2v) is 9.19. The molecule has 118 valence electrons. The van der Waals surface area contributed by atoms with Crippen LogP contribution in [0, 0.1) is 0 Å². The van der Waals surface area contributed by atoms with E-state index in [1.165, 1.54) is 28.6 Å². The second kappa shape index (κ2) is 6.04. The van der Waals surface area contributed by atoms with Gasteiger partial charge in [0.25, 0.3) is 0 Å². The molecule has 1 aromatic carbocycles. The fraction of sp³-hybridized carbons (Fsp3) is 0.538. The van der Waals surface area contributed by atoms with E-state index < -0.39 is 19.9 Å². The normalized spacial score (nSPS) is 21.3. The molecular weight excluding hydrogens is 312 g/mol. The van der Waals surface area contributed by atoms with Gasteiger partial charge in [0, 0.05) is 25.4 Å². The molecule has 0 bridgehead atoms. The lowest BCUT2D eigenvalue weighted by molar-refractivity contribution is 0.293. The number of rotatable bonds is 4. The van der Waals surface area contributed by atoms with E-state index in [2.05, 4.69) is 5.32 Å². The highest BCUT2D eigenvalue weighted by Crippen LogP contribution is 2.22. The molecule has 0 radical (unpaired) electrons. The third-order valence-corrected chi connectivity index (χ3v) is 6.69. The fourth-order valence-electron chi connectivity index (χ4n) is 2.40. The Kier molecular flexibility index (Phi) is 4.72. The highest BCUT2D eigenvalue weighted by Gasteiger charge is 2.29. The summed E-state index contributed by atoms with van der Waals surface area (Å²) in [5, 5.41) is 3.10. The largest absolute Gasteiger partial charge is 0.316 e. The maximum atomic E-state index is 12.6.